The summed E-state index contributed by atoms with van der Waals surface area (Å²) in [5.74, 6) is 0.296. The van der Waals surface area contributed by atoms with Gasteiger partial charge in [0.25, 0.3) is 0 Å². The van der Waals surface area contributed by atoms with Crippen LogP contribution in [0.5, 0.6) is 0 Å². The van der Waals surface area contributed by atoms with Crippen LogP contribution in [0.25, 0.3) is 0 Å². The highest BCUT2D eigenvalue weighted by Crippen LogP contribution is 2.67. The maximum absolute atomic E-state index is 14.4. The van der Waals surface area contributed by atoms with Crippen LogP contribution in [0.4, 0.5) is 4.39 Å². The van der Waals surface area contributed by atoms with Crippen molar-refractivity contribution in [3.63, 3.8) is 0 Å². The van der Waals surface area contributed by atoms with Gasteiger partial charge in [0, 0.05) is 6.42 Å². The summed E-state index contributed by atoms with van der Waals surface area (Å²) in [5, 5.41) is 9.21. The van der Waals surface area contributed by atoms with Crippen LogP contribution < -0.4 is 0 Å². The number of rotatable bonds is 2. The maximum atomic E-state index is 14.4. The van der Waals surface area contributed by atoms with E-state index >= 15 is 0 Å². The number of methoxy groups -OCH3 is 1. The molecule has 0 saturated heterocycles. The molecule has 0 unspecified atom stereocenters. The van der Waals surface area contributed by atoms with Gasteiger partial charge < -0.3 is 9.84 Å². The van der Waals surface area contributed by atoms with Crippen molar-refractivity contribution in [1.29, 1.82) is 0 Å². The van der Waals surface area contributed by atoms with Gasteiger partial charge in [0.15, 0.2) is 0 Å². The molecule has 27 heavy (non-hydrogen) atoms. The fourth-order valence-electron chi connectivity index (χ4n) is 7.20. The zero-order chi connectivity index (χ0) is 19.6. The van der Waals surface area contributed by atoms with Crippen molar-refractivity contribution < 1.29 is 19.0 Å². The first-order chi connectivity index (χ1) is 12.7. The number of hydrogen-bond donors (Lipinski definition) is 1. The SMILES string of the molecule is COC1=CC2=C(C)C[C@@H]3[C@H](CC[C@]4(C)C(=C(F)C(=O)O)CC[C@@H]34)[C@@]2(C)CC1. The molecule has 0 amide bonds. The smallest absolute Gasteiger partial charge is 0.364 e. The van der Waals surface area contributed by atoms with Gasteiger partial charge in [0.2, 0.25) is 5.83 Å². The Kier molecular flexibility index (Phi) is 4.32. The van der Waals surface area contributed by atoms with E-state index in [0.717, 1.165) is 44.3 Å². The lowest BCUT2D eigenvalue weighted by molar-refractivity contribution is -0.134. The monoisotopic (exact) mass is 374 g/mol. The summed E-state index contributed by atoms with van der Waals surface area (Å²) in [6.07, 6.45) is 8.88. The third kappa shape index (κ3) is 2.55. The van der Waals surface area contributed by atoms with Gasteiger partial charge in [-0.05, 0) is 91.3 Å². The number of hydrogen-bond acceptors (Lipinski definition) is 2. The Morgan fingerprint density at radius 2 is 1.89 bits per heavy atom. The fourth-order valence-corrected chi connectivity index (χ4v) is 7.20. The van der Waals surface area contributed by atoms with Crippen molar-refractivity contribution in [2.75, 3.05) is 7.11 Å². The zero-order valence-electron chi connectivity index (χ0n) is 16.9. The van der Waals surface area contributed by atoms with E-state index in [4.69, 9.17) is 4.74 Å². The first-order valence-corrected chi connectivity index (χ1v) is 10.3. The van der Waals surface area contributed by atoms with E-state index in [9.17, 15) is 14.3 Å². The number of allylic oxidation sites excluding steroid dienone is 5. The Labute approximate surface area is 161 Å². The number of halogens is 1. The normalized spacial score (nSPS) is 42.7. The molecule has 4 aliphatic carbocycles. The van der Waals surface area contributed by atoms with E-state index in [-0.39, 0.29) is 10.8 Å². The molecule has 148 valence electrons. The number of carbonyl (C=O) groups is 1. The van der Waals surface area contributed by atoms with Crippen LogP contribution in [0, 0.1) is 28.6 Å². The lowest BCUT2D eigenvalue weighted by Gasteiger charge is -2.57. The lowest BCUT2D eigenvalue weighted by atomic mass is 9.47. The summed E-state index contributed by atoms with van der Waals surface area (Å²) < 4.78 is 20.0. The van der Waals surface area contributed by atoms with Crippen molar-refractivity contribution in [2.45, 2.75) is 65.7 Å². The quantitative estimate of drug-likeness (QED) is 0.623. The molecule has 0 aromatic carbocycles. The largest absolute Gasteiger partial charge is 0.501 e. The maximum Gasteiger partial charge on any atom is 0.364 e. The molecule has 0 radical (unpaired) electrons. The summed E-state index contributed by atoms with van der Waals surface area (Å²) in [6, 6.07) is 0. The molecular formula is C23H31FO3. The van der Waals surface area contributed by atoms with Gasteiger partial charge in [-0.3, -0.25) is 0 Å². The second kappa shape index (κ2) is 6.22. The van der Waals surface area contributed by atoms with Gasteiger partial charge in [-0.1, -0.05) is 19.4 Å². The van der Waals surface area contributed by atoms with Crippen molar-refractivity contribution in [2.24, 2.45) is 28.6 Å². The number of ether oxygens (including phenoxy) is 1. The Balaban J connectivity index is 1.74. The molecule has 0 spiro atoms. The molecule has 5 atom stereocenters. The lowest BCUT2D eigenvalue weighted by Crippen LogP contribution is -2.49. The molecule has 0 heterocycles. The molecule has 4 heteroatoms. The Bertz CT molecular complexity index is 776. The summed E-state index contributed by atoms with van der Waals surface area (Å²) in [6.45, 7) is 6.78. The van der Waals surface area contributed by atoms with Gasteiger partial charge in [-0.2, -0.15) is 4.39 Å². The average Bonchev–Trinajstić information content (AvgIpc) is 2.98. The molecule has 2 saturated carbocycles. The summed E-state index contributed by atoms with van der Waals surface area (Å²) >= 11 is 0. The van der Waals surface area contributed by atoms with Crippen molar-refractivity contribution >= 4 is 5.97 Å². The van der Waals surface area contributed by atoms with E-state index in [0.29, 0.717) is 29.7 Å². The first-order valence-electron chi connectivity index (χ1n) is 10.3. The minimum absolute atomic E-state index is 0.161. The molecule has 0 aromatic rings. The predicted molar refractivity (Wildman–Crippen MR) is 103 cm³/mol. The second-order valence-electron chi connectivity index (χ2n) is 9.60. The van der Waals surface area contributed by atoms with Crippen molar-refractivity contribution in [3.8, 4) is 0 Å². The highest BCUT2D eigenvalue weighted by molar-refractivity contribution is 5.85. The number of aliphatic carboxylic acids is 1. The van der Waals surface area contributed by atoms with Gasteiger partial charge >= 0.3 is 5.97 Å². The highest BCUT2D eigenvalue weighted by Gasteiger charge is 2.58. The van der Waals surface area contributed by atoms with Crippen LogP contribution in [0.15, 0.2) is 34.4 Å². The van der Waals surface area contributed by atoms with Gasteiger partial charge in [0.05, 0.1) is 12.9 Å². The number of fused-ring (bicyclic) bond motifs is 5. The third-order valence-electron chi connectivity index (χ3n) is 8.57. The fraction of sp³-hybridized carbons (Fsp3) is 0.696. The first kappa shape index (κ1) is 18.8. The number of carboxylic acids is 1. The Hall–Kier alpha value is -1.58. The van der Waals surface area contributed by atoms with E-state index < -0.39 is 11.8 Å². The van der Waals surface area contributed by atoms with Crippen LogP contribution in [0.3, 0.4) is 0 Å². The van der Waals surface area contributed by atoms with E-state index in [1.54, 1.807) is 7.11 Å². The Morgan fingerprint density at radius 3 is 2.56 bits per heavy atom. The molecule has 0 aromatic heterocycles. The second-order valence-corrected chi connectivity index (χ2v) is 9.60. The third-order valence-corrected chi connectivity index (χ3v) is 8.57. The van der Waals surface area contributed by atoms with Crippen LogP contribution >= 0.6 is 0 Å². The molecule has 0 bridgehead atoms. The van der Waals surface area contributed by atoms with Crippen LogP contribution in [-0.4, -0.2) is 18.2 Å². The van der Waals surface area contributed by atoms with Crippen molar-refractivity contribution in [3.05, 3.63) is 34.4 Å². The summed E-state index contributed by atoms with van der Waals surface area (Å²) in [5.41, 5.74) is 3.34. The minimum Gasteiger partial charge on any atom is -0.501 e. The van der Waals surface area contributed by atoms with Crippen LogP contribution in [0.1, 0.15) is 65.7 Å². The van der Waals surface area contributed by atoms with Gasteiger partial charge in [-0.25, -0.2) is 4.79 Å². The van der Waals surface area contributed by atoms with Gasteiger partial charge in [0.1, 0.15) is 0 Å². The minimum atomic E-state index is -1.40. The molecular weight excluding hydrogens is 343 g/mol. The molecule has 2 fully saturated rings. The molecule has 4 rings (SSSR count). The average molecular weight is 374 g/mol. The van der Waals surface area contributed by atoms with E-state index in [1.165, 1.54) is 11.1 Å². The van der Waals surface area contributed by atoms with Crippen LogP contribution in [-0.2, 0) is 9.53 Å². The molecule has 3 nitrogen and oxygen atoms in total. The highest BCUT2D eigenvalue weighted by atomic mass is 19.1. The topological polar surface area (TPSA) is 46.5 Å². The van der Waals surface area contributed by atoms with E-state index in [1.807, 2.05) is 0 Å². The molecule has 1 N–H and O–H groups in total. The summed E-state index contributed by atoms with van der Waals surface area (Å²) in [4.78, 5) is 11.3. The number of carboxylic acid groups (broad SMARTS) is 1. The molecule has 4 aliphatic rings. The summed E-state index contributed by atoms with van der Waals surface area (Å²) in [7, 11) is 1.76. The van der Waals surface area contributed by atoms with Crippen molar-refractivity contribution in [1.82, 2.24) is 0 Å². The molecule has 0 aliphatic heterocycles. The standard InChI is InChI=1S/C23H31FO3/c1-13-11-15-16-5-6-18(20(24)21(25)26)22(16,2)10-8-17(15)23(3)9-7-14(27-4)12-19(13)23/h12,15-17H,5-11H2,1-4H3,(H,25,26)/t15-,16-,17-,22-,23+/m0/s1. The zero-order valence-corrected chi connectivity index (χ0v) is 16.9. The van der Waals surface area contributed by atoms with Gasteiger partial charge in [-0.15, -0.1) is 0 Å². The predicted octanol–water partition coefficient (Wildman–Crippen LogP) is 5.79. The van der Waals surface area contributed by atoms with Crippen LogP contribution in [0.2, 0.25) is 0 Å². The Morgan fingerprint density at radius 1 is 1.19 bits per heavy atom. The van der Waals surface area contributed by atoms with E-state index in [2.05, 4.69) is 26.8 Å².